The van der Waals surface area contributed by atoms with Crippen molar-refractivity contribution in [3.63, 3.8) is 0 Å². The van der Waals surface area contributed by atoms with Crippen LogP contribution in [0.1, 0.15) is 34.7 Å². The van der Waals surface area contributed by atoms with E-state index in [-0.39, 0.29) is 6.04 Å². The van der Waals surface area contributed by atoms with Crippen LogP contribution in [0.4, 0.5) is 0 Å². The highest BCUT2D eigenvalue weighted by Crippen LogP contribution is 2.25. The topological polar surface area (TPSA) is 26.0 Å². The maximum absolute atomic E-state index is 6.22. The van der Waals surface area contributed by atoms with E-state index in [2.05, 4.69) is 35.0 Å². The van der Waals surface area contributed by atoms with E-state index in [0.29, 0.717) is 0 Å². The summed E-state index contributed by atoms with van der Waals surface area (Å²) in [7, 11) is 0. The van der Waals surface area contributed by atoms with E-state index >= 15 is 0 Å². The monoisotopic (exact) mass is 243 g/mol. The zero-order valence-corrected chi connectivity index (χ0v) is 10.7. The van der Waals surface area contributed by atoms with Crippen LogP contribution >= 0.6 is 11.3 Å². The molecule has 0 saturated carbocycles. The lowest BCUT2D eigenvalue weighted by Crippen LogP contribution is -2.12. The normalized spacial score (nSPS) is 15.8. The summed E-state index contributed by atoms with van der Waals surface area (Å²) in [5.41, 5.74) is 11.9. The van der Waals surface area contributed by atoms with E-state index in [1.165, 1.54) is 36.0 Å². The molecule has 1 atom stereocenters. The molecule has 0 amide bonds. The quantitative estimate of drug-likeness (QED) is 0.877. The van der Waals surface area contributed by atoms with E-state index in [1.807, 2.05) is 0 Å². The first-order valence-electron chi connectivity index (χ1n) is 6.21. The first-order chi connectivity index (χ1) is 8.33. The van der Waals surface area contributed by atoms with Gasteiger partial charge < -0.3 is 5.73 Å². The molecule has 2 aromatic rings. The van der Waals surface area contributed by atoms with Crippen LogP contribution in [0.5, 0.6) is 0 Å². The lowest BCUT2D eigenvalue weighted by molar-refractivity contribution is 0.724. The average Bonchev–Trinajstić information content (AvgIpc) is 2.99. The summed E-state index contributed by atoms with van der Waals surface area (Å²) in [6.07, 6.45) is 4.77. The summed E-state index contributed by atoms with van der Waals surface area (Å²) < 4.78 is 0. The Balaban J connectivity index is 1.77. The largest absolute Gasteiger partial charge is 0.324 e. The summed E-state index contributed by atoms with van der Waals surface area (Å²) >= 11 is 1.72. The SMILES string of the molecule is NC(Cc1ccc2c(c1)CCC2)c1ccsc1. The molecule has 0 fully saturated rings. The van der Waals surface area contributed by atoms with Gasteiger partial charge in [0.05, 0.1) is 0 Å². The van der Waals surface area contributed by atoms with Gasteiger partial charge in [-0.1, -0.05) is 18.2 Å². The zero-order valence-electron chi connectivity index (χ0n) is 9.86. The molecular formula is C15H17NS. The number of rotatable bonds is 3. The van der Waals surface area contributed by atoms with Gasteiger partial charge in [0, 0.05) is 6.04 Å². The molecule has 2 heteroatoms. The Morgan fingerprint density at radius 2 is 2.06 bits per heavy atom. The Bertz CT molecular complexity index is 502. The molecule has 0 radical (unpaired) electrons. The molecule has 1 nitrogen and oxygen atoms in total. The van der Waals surface area contributed by atoms with Crippen LogP contribution in [0.15, 0.2) is 35.0 Å². The Kier molecular flexibility index (Phi) is 3.00. The number of thiophene rings is 1. The maximum atomic E-state index is 6.22. The molecular weight excluding hydrogens is 226 g/mol. The molecule has 1 heterocycles. The second-order valence-corrected chi connectivity index (χ2v) is 5.60. The van der Waals surface area contributed by atoms with Crippen LogP contribution < -0.4 is 5.73 Å². The molecule has 88 valence electrons. The molecule has 3 rings (SSSR count). The second-order valence-electron chi connectivity index (χ2n) is 4.82. The van der Waals surface area contributed by atoms with E-state index in [4.69, 9.17) is 5.73 Å². The Morgan fingerprint density at radius 3 is 2.88 bits per heavy atom. The number of benzene rings is 1. The van der Waals surface area contributed by atoms with Crippen LogP contribution in [-0.4, -0.2) is 0 Å². The number of aryl methyl sites for hydroxylation is 2. The molecule has 1 aromatic heterocycles. The van der Waals surface area contributed by atoms with Gasteiger partial charge in [-0.2, -0.15) is 11.3 Å². The van der Waals surface area contributed by atoms with Crippen molar-refractivity contribution < 1.29 is 0 Å². The molecule has 0 bridgehead atoms. The van der Waals surface area contributed by atoms with Gasteiger partial charge in [-0.25, -0.2) is 0 Å². The fourth-order valence-corrected chi connectivity index (χ4v) is 3.33. The Labute approximate surface area is 106 Å². The highest BCUT2D eigenvalue weighted by Gasteiger charge is 2.13. The van der Waals surface area contributed by atoms with Crippen molar-refractivity contribution >= 4 is 11.3 Å². The third-order valence-corrected chi connectivity index (χ3v) is 4.29. The number of hydrogen-bond donors (Lipinski definition) is 1. The van der Waals surface area contributed by atoms with Crippen LogP contribution in [-0.2, 0) is 19.3 Å². The first-order valence-corrected chi connectivity index (χ1v) is 7.15. The predicted octanol–water partition coefficient (Wildman–Crippen LogP) is 3.48. The lowest BCUT2D eigenvalue weighted by atomic mass is 9.99. The van der Waals surface area contributed by atoms with Crippen molar-refractivity contribution in [3.05, 3.63) is 57.3 Å². The fourth-order valence-electron chi connectivity index (χ4n) is 2.61. The van der Waals surface area contributed by atoms with Crippen molar-refractivity contribution in [2.45, 2.75) is 31.7 Å². The molecule has 0 aliphatic heterocycles. The maximum Gasteiger partial charge on any atom is 0.0344 e. The van der Waals surface area contributed by atoms with Gasteiger partial charge in [0.1, 0.15) is 0 Å². The summed E-state index contributed by atoms with van der Waals surface area (Å²) in [6.45, 7) is 0. The Morgan fingerprint density at radius 1 is 1.18 bits per heavy atom. The molecule has 2 N–H and O–H groups in total. The van der Waals surface area contributed by atoms with Gasteiger partial charge in [-0.05, 0) is 64.8 Å². The van der Waals surface area contributed by atoms with E-state index < -0.39 is 0 Å². The van der Waals surface area contributed by atoms with Gasteiger partial charge >= 0.3 is 0 Å². The second kappa shape index (κ2) is 4.63. The molecule has 1 aliphatic carbocycles. The Hall–Kier alpha value is -1.12. The third-order valence-electron chi connectivity index (χ3n) is 3.59. The predicted molar refractivity (Wildman–Crippen MR) is 73.4 cm³/mol. The van der Waals surface area contributed by atoms with Gasteiger partial charge in [-0.3, -0.25) is 0 Å². The van der Waals surface area contributed by atoms with E-state index in [1.54, 1.807) is 16.9 Å². The third kappa shape index (κ3) is 2.28. The van der Waals surface area contributed by atoms with Gasteiger partial charge in [0.2, 0.25) is 0 Å². The fraction of sp³-hybridized carbons (Fsp3) is 0.333. The summed E-state index contributed by atoms with van der Waals surface area (Å²) in [5.74, 6) is 0. The van der Waals surface area contributed by atoms with Gasteiger partial charge in [0.25, 0.3) is 0 Å². The van der Waals surface area contributed by atoms with E-state index in [0.717, 1.165) is 6.42 Å². The summed E-state index contributed by atoms with van der Waals surface area (Å²) in [4.78, 5) is 0. The highest BCUT2D eigenvalue weighted by molar-refractivity contribution is 7.07. The standard InChI is InChI=1S/C15H17NS/c16-15(14-6-7-17-10-14)9-11-4-5-12-2-1-3-13(12)8-11/h4-8,10,15H,1-3,9,16H2. The van der Waals surface area contributed by atoms with Crippen LogP contribution in [0.25, 0.3) is 0 Å². The molecule has 1 aromatic carbocycles. The van der Waals surface area contributed by atoms with Crippen molar-refractivity contribution in [1.29, 1.82) is 0 Å². The van der Waals surface area contributed by atoms with Crippen LogP contribution in [0.2, 0.25) is 0 Å². The summed E-state index contributed by atoms with van der Waals surface area (Å²) in [6, 6.07) is 9.16. The summed E-state index contributed by atoms with van der Waals surface area (Å²) in [5, 5.41) is 4.25. The lowest BCUT2D eigenvalue weighted by Gasteiger charge is -2.11. The van der Waals surface area contributed by atoms with Crippen LogP contribution in [0.3, 0.4) is 0 Å². The molecule has 1 aliphatic rings. The van der Waals surface area contributed by atoms with Crippen molar-refractivity contribution in [3.8, 4) is 0 Å². The minimum atomic E-state index is 0.140. The number of fused-ring (bicyclic) bond motifs is 1. The first kappa shape index (κ1) is 11.0. The minimum absolute atomic E-state index is 0.140. The highest BCUT2D eigenvalue weighted by atomic mass is 32.1. The van der Waals surface area contributed by atoms with Gasteiger partial charge in [0.15, 0.2) is 0 Å². The minimum Gasteiger partial charge on any atom is -0.324 e. The molecule has 1 unspecified atom stereocenters. The number of hydrogen-bond acceptors (Lipinski definition) is 2. The van der Waals surface area contributed by atoms with Crippen LogP contribution in [0, 0.1) is 0 Å². The molecule has 0 spiro atoms. The molecule has 0 saturated heterocycles. The average molecular weight is 243 g/mol. The van der Waals surface area contributed by atoms with Crippen molar-refractivity contribution in [2.24, 2.45) is 5.73 Å². The smallest absolute Gasteiger partial charge is 0.0344 e. The van der Waals surface area contributed by atoms with Gasteiger partial charge in [-0.15, -0.1) is 0 Å². The molecule has 17 heavy (non-hydrogen) atoms. The number of nitrogens with two attached hydrogens (primary N) is 1. The van der Waals surface area contributed by atoms with E-state index in [9.17, 15) is 0 Å². The van der Waals surface area contributed by atoms with Crippen molar-refractivity contribution in [1.82, 2.24) is 0 Å². The zero-order chi connectivity index (χ0) is 11.7. The van der Waals surface area contributed by atoms with Crippen molar-refractivity contribution in [2.75, 3.05) is 0 Å².